The van der Waals surface area contributed by atoms with Crippen LogP contribution in [0.3, 0.4) is 0 Å². The smallest absolute Gasteiger partial charge is 0.391 e. The Morgan fingerprint density at radius 2 is 1.85 bits per heavy atom. The topological polar surface area (TPSA) is 79.6 Å². The highest BCUT2D eigenvalue weighted by Gasteiger charge is 2.42. The van der Waals surface area contributed by atoms with Gasteiger partial charge in [-0.25, -0.2) is 8.42 Å². The normalized spacial score (nSPS) is 19.4. The molecular weight excluding hydrogens is 469 g/mol. The van der Waals surface area contributed by atoms with Crippen molar-refractivity contribution in [1.29, 1.82) is 5.26 Å². The molecule has 1 atom stereocenters. The maximum Gasteiger partial charge on any atom is 0.391 e. The number of sulfonamides is 1. The number of nitrogens with zero attached hydrogens (tertiary/aromatic N) is 2. The van der Waals surface area contributed by atoms with Crippen molar-refractivity contribution in [2.45, 2.75) is 49.2 Å². The number of hydrogen-bond donors (Lipinski definition) is 0. The predicted molar refractivity (Wildman–Crippen MR) is 119 cm³/mol. The molecule has 10 heteroatoms. The second-order valence-electron chi connectivity index (χ2n) is 8.58. The van der Waals surface area contributed by atoms with Crippen LogP contribution in [0.4, 0.5) is 18.9 Å². The van der Waals surface area contributed by atoms with E-state index in [0.29, 0.717) is 31.8 Å². The van der Waals surface area contributed by atoms with Gasteiger partial charge < -0.3 is 9.47 Å². The van der Waals surface area contributed by atoms with Gasteiger partial charge in [-0.1, -0.05) is 18.2 Å². The first-order chi connectivity index (χ1) is 16.2. The lowest BCUT2D eigenvalue weighted by molar-refractivity contribution is -0.138. The third-order valence-corrected chi connectivity index (χ3v) is 8.08. The molecule has 1 fully saturated rings. The van der Waals surface area contributed by atoms with Crippen LogP contribution in [-0.4, -0.2) is 40.5 Å². The number of ether oxygens (including phenoxy) is 2. The zero-order valence-electron chi connectivity index (χ0n) is 18.4. The first-order valence-corrected chi connectivity index (χ1v) is 12.6. The molecule has 0 unspecified atom stereocenters. The van der Waals surface area contributed by atoms with Gasteiger partial charge in [-0.2, -0.15) is 18.4 Å². The summed E-state index contributed by atoms with van der Waals surface area (Å²) in [6, 6.07) is 11.1. The van der Waals surface area contributed by atoms with Gasteiger partial charge in [0.05, 0.1) is 35.2 Å². The lowest BCUT2D eigenvalue weighted by Gasteiger charge is -2.38. The Bertz CT molecular complexity index is 1170. The van der Waals surface area contributed by atoms with Gasteiger partial charge in [0, 0.05) is 13.2 Å². The second kappa shape index (κ2) is 9.84. The predicted octanol–water partition coefficient (Wildman–Crippen LogP) is 4.83. The fourth-order valence-electron chi connectivity index (χ4n) is 4.47. The summed E-state index contributed by atoms with van der Waals surface area (Å²) < 4.78 is 79.1. The van der Waals surface area contributed by atoms with Gasteiger partial charge in [0.15, 0.2) is 0 Å². The number of anilines is 1. The van der Waals surface area contributed by atoms with Crippen molar-refractivity contribution in [2.75, 3.05) is 24.1 Å². The first kappa shape index (κ1) is 24.4. The van der Waals surface area contributed by atoms with Crippen LogP contribution in [0.5, 0.6) is 5.75 Å². The first-order valence-electron chi connectivity index (χ1n) is 11.1. The molecule has 6 nitrogen and oxygen atoms in total. The number of alkyl halides is 3. The van der Waals surface area contributed by atoms with Crippen LogP contribution in [0.25, 0.3) is 0 Å². The number of nitriles is 1. The van der Waals surface area contributed by atoms with Crippen molar-refractivity contribution >= 4 is 15.7 Å². The van der Waals surface area contributed by atoms with Gasteiger partial charge in [0.2, 0.25) is 0 Å². The molecule has 4 rings (SSSR count). The highest BCUT2D eigenvalue weighted by atomic mass is 32.2. The number of halogens is 3. The Morgan fingerprint density at radius 1 is 1.12 bits per heavy atom. The van der Waals surface area contributed by atoms with Crippen LogP contribution < -0.4 is 9.04 Å². The van der Waals surface area contributed by atoms with Gasteiger partial charge in [-0.3, -0.25) is 4.31 Å². The zero-order valence-corrected chi connectivity index (χ0v) is 19.2. The third kappa shape index (κ3) is 5.31. The fraction of sp³-hybridized carbons (Fsp3) is 0.458. The van der Waals surface area contributed by atoms with Crippen molar-refractivity contribution in [3.63, 3.8) is 0 Å². The minimum absolute atomic E-state index is 0.0193. The van der Waals surface area contributed by atoms with Crippen LogP contribution in [0.1, 0.15) is 36.8 Å². The molecule has 0 spiro atoms. The Morgan fingerprint density at radius 3 is 2.56 bits per heavy atom. The number of rotatable bonds is 6. The largest absolute Gasteiger partial charge is 0.492 e. The number of hydrogen-bond acceptors (Lipinski definition) is 5. The average molecular weight is 495 g/mol. The summed E-state index contributed by atoms with van der Waals surface area (Å²) in [4.78, 5) is -0.244. The van der Waals surface area contributed by atoms with E-state index < -0.39 is 28.7 Å². The lowest BCUT2D eigenvalue weighted by atomic mass is 9.96. The third-order valence-electron chi connectivity index (χ3n) is 6.22. The quantitative estimate of drug-likeness (QED) is 0.575. The molecule has 1 saturated heterocycles. The summed E-state index contributed by atoms with van der Waals surface area (Å²) >= 11 is 0. The van der Waals surface area contributed by atoms with Crippen molar-refractivity contribution in [3.8, 4) is 11.8 Å². The molecule has 0 aliphatic carbocycles. The number of aryl methyl sites for hydroxylation is 1. The van der Waals surface area contributed by atoms with Gasteiger partial charge in [-0.15, -0.1) is 0 Å². The molecule has 0 saturated carbocycles. The van der Waals surface area contributed by atoms with Crippen molar-refractivity contribution in [1.82, 2.24) is 0 Å². The van der Waals surface area contributed by atoms with E-state index >= 15 is 0 Å². The highest BCUT2D eigenvalue weighted by Crippen LogP contribution is 2.39. The maximum absolute atomic E-state index is 13.6. The summed E-state index contributed by atoms with van der Waals surface area (Å²) in [5.74, 6) is 0.524. The molecule has 2 aromatic carbocycles. The number of para-hydroxylation sites is 1. The maximum atomic E-state index is 13.6. The molecule has 34 heavy (non-hydrogen) atoms. The molecule has 0 radical (unpaired) electrons. The van der Waals surface area contributed by atoms with Crippen LogP contribution >= 0.6 is 0 Å². The van der Waals surface area contributed by atoms with E-state index in [1.54, 1.807) is 18.2 Å². The Kier molecular flexibility index (Phi) is 7.05. The summed E-state index contributed by atoms with van der Waals surface area (Å²) in [7, 11) is -4.37. The molecule has 2 aromatic rings. The number of benzene rings is 2. The molecule has 182 valence electrons. The molecular formula is C24H25F3N2O4S. The van der Waals surface area contributed by atoms with Crippen LogP contribution in [0, 0.1) is 17.2 Å². The van der Waals surface area contributed by atoms with Crippen molar-refractivity contribution in [2.24, 2.45) is 5.92 Å². The van der Waals surface area contributed by atoms with Gasteiger partial charge >= 0.3 is 6.18 Å². The van der Waals surface area contributed by atoms with Crippen LogP contribution in [0.2, 0.25) is 0 Å². The van der Waals surface area contributed by atoms with Gasteiger partial charge in [-0.05, 0) is 61.4 Å². The molecule has 2 heterocycles. The second-order valence-corrected chi connectivity index (χ2v) is 10.4. The minimum atomic E-state index is -4.52. The Hall–Kier alpha value is -2.77. The average Bonchev–Trinajstić information content (AvgIpc) is 2.82. The van der Waals surface area contributed by atoms with Crippen molar-refractivity contribution < 1.29 is 31.1 Å². The SMILES string of the molecule is N#Cc1cc(S(=O)(=O)N2c3ccccc3CC[C@H]2CC(F)(F)F)ccc1OCC1CCOCC1. The fourth-order valence-corrected chi connectivity index (χ4v) is 6.21. The van der Waals surface area contributed by atoms with Gasteiger partial charge in [0.1, 0.15) is 11.8 Å². The lowest BCUT2D eigenvalue weighted by Crippen LogP contribution is -2.45. The van der Waals surface area contributed by atoms with Crippen molar-refractivity contribution in [3.05, 3.63) is 53.6 Å². The molecule has 0 N–H and O–H groups in total. The van der Waals surface area contributed by atoms with E-state index in [0.717, 1.165) is 17.1 Å². The van der Waals surface area contributed by atoms with E-state index in [-0.39, 0.29) is 34.2 Å². The van der Waals surface area contributed by atoms with Gasteiger partial charge in [0.25, 0.3) is 10.0 Å². The molecule has 0 amide bonds. The summed E-state index contributed by atoms with van der Waals surface area (Å²) in [5, 5.41) is 9.61. The highest BCUT2D eigenvalue weighted by molar-refractivity contribution is 7.92. The monoisotopic (exact) mass is 494 g/mol. The van der Waals surface area contributed by atoms with E-state index in [9.17, 15) is 26.9 Å². The van der Waals surface area contributed by atoms with E-state index in [4.69, 9.17) is 9.47 Å². The Labute approximate surface area is 196 Å². The van der Waals surface area contributed by atoms with Crippen LogP contribution in [-0.2, 0) is 21.2 Å². The summed E-state index contributed by atoms with van der Waals surface area (Å²) in [5.41, 5.74) is 0.925. The van der Waals surface area contributed by atoms with E-state index in [2.05, 4.69) is 0 Å². The summed E-state index contributed by atoms with van der Waals surface area (Å²) in [6.07, 6.45) is -3.70. The minimum Gasteiger partial charge on any atom is -0.492 e. The zero-order chi connectivity index (χ0) is 24.3. The molecule has 0 bridgehead atoms. The molecule has 2 aliphatic rings. The number of fused-ring (bicyclic) bond motifs is 1. The Balaban J connectivity index is 1.65. The molecule has 0 aromatic heterocycles. The van der Waals surface area contributed by atoms with E-state index in [1.807, 2.05) is 6.07 Å². The summed E-state index contributed by atoms with van der Waals surface area (Å²) in [6.45, 7) is 1.66. The standard InChI is InChI=1S/C24H25F3N2O4S/c25-24(26,27)14-20-6-5-18-3-1-2-4-22(18)29(20)34(30,31)21-7-8-23(19(13-21)15-28)33-16-17-9-11-32-12-10-17/h1-4,7-8,13,17,20H,5-6,9-12,14,16H2/t20-/m0/s1. The van der Waals surface area contributed by atoms with Crippen LogP contribution in [0.15, 0.2) is 47.4 Å². The van der Waals surface area contributed by atoms with E-state index in [1.165, 1.54) is 24.3 Å². The molecule has 2 aliphatic heterocycles.